The van der Waals surface area contributed by atoms with Crippen LogP contribution in [0.15, 0.2) is 0 Å². The van der Waals surface area contributed by atoms with Crippen LogP contribution in [0.1, 0.15) is 25.7 Å². The van der Waals surface area contributed by atoms with Gasteiger partial charge in [0.2, 0.25) is 0 Å². The van der Waals surface area contributed by atoms with Gasteiger partial charge in [-0.15, -0.1) is 0 Å². The summed E-state index contributed by atoms with van der Waals surface area (Å²) in [7, 11) is 1.46. The Bertz CT molecular complexity index is 191. The van der Waals surface area contributed by atoms with Gasteiger partial charge in [0.15, 0.2) is 0 Å². The van der Waals surface area contributed by atoms with Crippen LogP contribution in [0.5, 0.6) is 0 Å². The molecule has 0 aromatic rings. The van der Waals surface area contributed by atoms with E-state index >= 15 is 0 Å². The van der Waals surface area contributed by atoms with Crippen molar-refractivity contribution in [2.45, 2.75) is 25.7 Å². The molecule has 0 heterocycles. The predicted molar refractivity (Wildman–Crippen MR) is 57.7 cm³/mol. The molecule has 0 aliphatic heterocycles. The van der Waals surface area contributed by atoms with Gasteiger partial charge in [-0.1, -0.05) is 0 Å². The van der Waals surface area contributed by atoms with Crippen LogP contribution in [0.3, 0.4) is 0 Å². The van der Waals surface area contributed by atoms with Gasteiger partial charge >= 0.3 is 5.97 Å². The average Bonchev–Trinajstić information content (AvgIpc) is 2.29. The highest BCUT2D eigenvalue weighted by Gasteiger charge is 2.26. The molecule has 88 valence electrons. The number of hydrazine groups is 1. The summed E-state index contributed by atoms with van der Waals surface area (Å²) in [5.74, 6) is 5.89. The normalized spacial score (nSPS) is 26.3. The Hall–Kier alpha value is -0.650. The first-order valence-corrected chi connectivity index (χ1v) is 5.50. The molecule has 1 saturated carbocycles. The van der Waals surface area contributed by atoms with Gasteiger partial charge in [0, 0.05) is 0 Å². The summed E-state index contributed by atoms with van der Waals surface area (Å²) in [5, 5.41) is 3.21. The van der Waals surface area contributed by atoms with Gasteiger partial charge in [0.1, 0.15) is 0 Å². The van der Waals surface area contributed by atoms with E-state index in [4.69, 9.17) is 10.6 Å². The van der Waals surface area contributed by atoms with Crippen molar-refractivity contribution in [3.8, 4) is 0 Å². The number of methoxy groups -OCH3 is 1. The van der Waals surface area contributed by atoms with Crippen LogP contribution in [-0.4, -0.2) is 26.3 Å². The zero-order valence-electron chi connectivity index (χ0n) is 9.29. The number of hydrogen-bond acceptors (Lipinski definition) is 5. The van der Waals surface area contributed by atoms with E-state index in [-0.39, 0.29) is 11.9 Å². The second-order valence-corrected chi connectivity index (χ2v) is 4.08. The molecule has 5 heteroatoms. The minimum Gasteiger partial charge on any atom is -0.469 e. The van der Waals surface area contributed by atoms with Crippen LogP contribution in [0, 0.1) is 11.8 Å². The van der Waals surface area contributed by atoms with Crippen LogP contribution >= 0.6 is 0 Å². The molecule has 1 rings (SSSR count). The minimum atomic E-state index is -0.0509. The molecule has 0 unspecified atom stereocenters. The van der Waals surface area contributed by atoms with E-state index in [9.17, 15) is 4.79 Å². The summed E-state index contributed by atoms with van der Waals surface area (Å²) >= 11 is 0. The summed E-state index contributed by atoms with van der Waals surface area (Å²) in [4.78, 5) is 11.3. The van der Waals surface area contributed by atoms with E-state index in [1.54, 1.807) is 0 Å². The lowest BCUT2D eigenvalue weighted by molar-refractivity contribution is -0.146. The Morgan fingerprint density at radius 1 is 1.40 bits per heavy atom. The van der Waals surface area contributed by atoms with Gasteiger partial charge in [-0.05, 0) is 38.1 Å². The number of esters is 1. The number of carbonyl (C=O) groups is 1. The van der Waals surface area contributed by atoms with Crippen molar-refractivity contribution in [2.75, 3.05) is 20.3 Å². The van der Waals surface area contributed by atoms with Crippen molar-refractivity contribution in [3.63, 3.8) is 0 Å². The quantitative estimate of drug-likeness (QED) is 0.197. The molecule has 1 aliphatic rings. The lowest BCUT2D eigenvalue weighted by Gasteiger charge is -2.26. The molecular formula is C10H21N3O2. The number of nitrogens with two attached hydrogens (primary N) is 1. The second-order valence-electron chi connectivity index (χ2n) is 4.08. The van der Waals surface area contributed by atoms with Crippen LogP contribution in [0.25, 0.3) is 0 Å². The van der Waals surface area contributed by atoms with Gasteiger partial charge in [-0.2, -0.15) is 0 Å². The van der Waals surface area contributed by atoms with E-state index in [0.29, 0.717) is 12.6 Å². The predicted octanol–water partition coefficient (Wildman–Crippen LogP) is -0.0238. The fourth-order valence-electron chi connectivity index (χ4n) is 2.12. The van der Waals surface area contributed by atoms with Crippen LogP contribution < -0.4 is 16.6 Å². The minimum absolute atomic E-state index is 0.0509. The number of nitrogens with one attached hydrogen (secondary N) is 2. The summed E-state index contributed by atoms with van der Waals surface area (Å²) in [6.07, 6.45) is 4.10. The third-order valence-corrected chi connectivity index (χ3v) is 3.04. The van der Waals surface area contributed by atoms with Crippen molar-refractivity contribution in [1.82, 2.24) is 10.7 Å². The highest BCUT2D eigenvalue weighted by Crippen LogP contribution is 2.28. The van der Waals surface area contributed by atoms with Crippen molar-refractivity contribution in [3.05, 3.63) is 0 Å². The molecule has 0 amide bonds. The molecule has 5 nitrogen and oxygen atoms in total. The SMILES string of the molecule is COC(=O)C1CCC(CNCNN)CC1. The lowest BCUT2D eigenvalue weighted by Crippen LogP contribution is -2.37. The Labute approximate surface area is 90.7 Å². The third-order valence-electron chi connectivity index (χ3n) is 3.04. The molecule has 0 spiro atoms. The zero-order valence-corrected chi connectivity index (χ0v) is 9.29. The molecule has 0 radical (unpaired) electrons. The number of hydrogen-bond donors (Lipinski definition) is 3. The van der Waals surface area contributed by atoms with Crippen molar-refractivity contribution >= 4 is 5.97 Å². The lowest BCUT2D eigenvalue weighted by atomic mass is 9.82. The zero-order chi connectivity index (χ0) is 11.1. The first kappa shape index (κ1) is 12.4. The summed E-state index contributed by atoms with van der Waals surface area (Å²) in [5.41, 5.74) is 2.56. The molecule has 0 aromatic carbocycles. The third kappa shape index (κ3) is 4.15. The van der Waals surface area contributed by atoms with Gasteiger partial charge < -0.3 is 10.1 Å². The van der Waals surface area contributed by atoms with Crippen molar-refractivity contribution < 1.29 is 9.53 Å². The molecule has 15 heavy (non-hydrogen) atoms. The summed E-state index contributed by atoms with van der Waals surface area (Å²) in [6.45, 7) is 1.61. The molecule has 0 atom stereocenters. The van der Waals surface area contributed by atoms with E-state index in [2.05, 4.69) is 10.7 Å². The molecule has 4 N–H and O–H groups in total. The van der Waals surface area contributed by atoms with Crippen LogP contribution in [0.4, 0.5) is 0 Å². The Morgan fingerprint density at radius 3 is 2.60 bits per heavy atom. The molecule has 1 aliphatic carbocycles. The fourth-order valence-corrected chi connectivity index (χ4v) is 2.12. The van der Waals surface area contributed by atoms with E-state index in [1.165, 1.54) is 7.11 Å². The first-order valence-electron chi connectivity index (χ1n) is 5.50. The van der Waals surface area contributed by atoms with Crippen molar-refractivity contribution in [1.29, 1.82) is 0 Å². The van der Waals surface area contributed by atoms with E-state index in [0.717, 1.165) is 32.2 Å². The molecular weight excluding hydrogens is 194 g/mol. The highest BCUT2D eigenvalue weighted by molar-refractivity contribution is 5.72. The van der Waals surface area contributed by atoms with Crippen LogP contribution in [0.2, 0.25) is 0 Å². The number of ether oxygens (including phenoxy) is 1. The van der Waals surface area contributed by atoms with Gasteiger partial charge in [-0.25, -0.2) is 5.43 Å². The molecule has 1 fully saturated rings. The average molecular weight is 215 g/mol. The summed E-state index contributed by atoms with van der Waals surface area (Å²) in [6, 6.07) is 0. The fraction of sp³-hybridized carbons (Fsp3) is 0.900. The van der Waals surface area contributed by atoms with E-state index in [1.807, 2.05) is 0 Å². The molecule has 0 bridgehead atoms. The maximum absolute atomic E-state index is 11.3. The molecule has 0 aromatic heterocycles. The van der Waals surface area contributed by atoms with E-state index < -0.39 is 0 Å². The summed E-state index contributed by atoms with van der Waals surface area (Å²) < 4.78 is 4.74. The van der Waals surface area contributed by atoms with Crippen molar-refractivity contribution in [2.24, 2.45) is 17.7 Å². The monoisotopic (exact) mass is 215 g/mol. The van der Waals surface area contributed by atoms with Gasteiger partial charge in [-0.3, -0.25) is 10.6 Å². The smallest absolute Gasteiger partial charge is 0.308 e. The van der Waals surface area contributed by atoms with Gasteiger partial charge in [0.25, 0.3) is 0 Å². The highest BCUT2D eigenvalue weighted by atomic mass is 16.5. The topological polar surface area (TPSA) is 76.4 Å². The number of carbonyl (C=O) groups excluding carboxylic acids is 1. The molecule has 0 saturated heterocycles. The van der Waals surface area contributed by atoms with Gasteiger partial charge in [0.05, 0.1) is 19.7 Å². The second kappa shape index (κ2) is 6.76. The first-order chi connectivity index (χ1) is 7.27. The number of rotatable bonds is 5. The largest absolute Gasteiger partial charge is 0.469 e. The van der Waals surface area contributed by atoms with Crippen LogP contribution in [-0.2, 0) is 9.53 Å². The maximum atomic E-state index is 11.3. The maximum Gasteiger partial charge on any atom is 0.308 e. The Kier molecular flexibility index (Phi) is 5.60. The Morgan fingerprint density at radius 2 is 2.07 bits per heavy atom. The standard InChI is InChI=1S/C10H21N3O2/c1-15-10(14)9-4-2-8(3-5-9)6-12-7-13-11/h8-9,12-13H,2-7,11H2,1H3. The Balaban J connectivity index is 2.15.